The molecule has 0 saturated carbocycles. The molecule has 0 spiro atoms. The van der Waals surface area contributed by atoms with Gasteiger partial charge in [-0.25, -0.2) is 4.68 Å². The Morgan fingerprint density at radius 2 is 1.93 bits per heavy atom. The number of alkyl halides is 3. The quantitative estimate of drug-likeness (QED) is 0.724. The lowest BCUT2D eigenvalue weighted by molar-refractivity contribution is -0.137. The normalized spacial score (nSPS) is 11.0. The van der Waals surface area contributed by atoms with Crippen molar-refractivity contribution in [2.75, 3.05) is 20.1 Å². The number of benzene rings is 1. The zero-order valence-corrected chi connectivity index (χ0v) is 15.6. The van der Waals surface area contributed by atoms with Gasteiger partial charge < -0.3 is 10.6 Å². The van der Waals surface area contributed by atoms with Crippen LogP contribution >= 0.6 is 12.4 Å². The van der Waals surface area contributed by atoms with Gasteiger partial charge in [-0.1, -0.05) is 6.07 Å². The van der Waals surface area contributed by atoms with Crippen molar-refractivity contribution in [2.24, 2.45) is 0 Å². The highest BCUT2D eigenvalue weighted by atomic mass is 35.5. The number of hydrogen-bond donors (Lipinski definition) is 2. The number of rotatable bonds is 6. The first kappa shape index (κ1) is 22.7. The molecule has 0 unspecified atom stereocenters. The van der Waals surface area contributed by atoms with Crippen LogP contribution in [0.5, 0.6) is 0 Å². The van der Waals surface area contributed by atoms with Crippen molar-refractivity contribution in [3.8, 4) is 5.69 Å². The summed E-state index contributed by atoms with van der Waals surface area (Å²) in [5.74, 6) is -0.660. The number of nitrogens with zero attached hydrogens (tertiary/aromatic N) is 2. The Kier molecular flexibility index (Phi) is 7.98. The molecule has 0 aliphatic heterocycles. The Labute approximate surface area is 160 Å². The van der Waals surface area contributed by atoms with Crippen molar-refractivity contribution in [3.63, 3.8) is 0 Å². The molecule has 0 radical (unpaired) electrons. The van der Waals surface area contributed by atoms with E-state index < -0.39 is 23.1 Å². The van der Waals surface area contributed by atoms with E-state index in [2.05, 4.69) is 15.7 Å². The SMILES string of the molecule is CNCCCNC(=O)c1nn(-c2cccc(C(F)(F)F)c2)c(C)cc1=O.Cl. The third-order valence-electron chi connectivity index (χ3n) is 3.63. The van der Waals surface area contributed by atoms with Gasteiger partial charge in [0, 0.05) is 18.3 Å². The molecule has 2 rings (SSSR count). The van der Waals surface area contributed by atoms with Crippen LogP contribution in [0.1, 0.15) is 28.2 Å². The summed E-state index contributed by atoms with van der Waals surface area (Å²) in [6, 6.07) is 5.70. The molecule has 0 aliphatic carbocycles. The maximum atomic E-state index is 12.9. The summed E-state index contributed by atoms with van der Waals surface area (Å²) in [6.07, 6.45) is -3.84. The predicted octanol–water partition coefficient (Wildman–Crippen LogP) is 2.32. The minimum absolute atomic E-state index is 0. The zero-order valence-electron chi connectivity index (χ0n) is 14.8. The first-order chi connectivity index (χ1) is 12.2. The first-order valence-electron chi connectivity index (χ1n) is 7.95. The molecule has 1 heterocycles. The third-order valence-corrected chi connectivity index (χ3v) is 3.63. The van der Waals surface area contributed by atoms with E-state index in [1.165, 1.54) is 25.1 Å². The molecular formula is C17H20ClF3N4O2. The van der Waals surface area contributed by atoms with Crippen molar-refractivity contribution >= 4 is 18.3 Å². The Morgan fingerprint density at radius 1 is 1.22 bits per heavy atom. The molecule has 2 N–H and O–H groups in total. The lowest BCUT2D eigenvalue weighted by atomic mass is 10.2. The average Bonchev–Trinajstić information content (AvgIpc) is 2.58. The van der Waals surface area contributed by atoms with Gasteiger partial charge in [0.1, 0.15) is 0 Å². The van der Waals surface area contributed by atoms with E-state index in [0.717, 1.165) is 16.8 Å². The maximum absolute atomic E-state index is 12.9. The Bertz CT molecular complexity index is 853. The summed E-state index contributed by atoms with van der Waals surface area (Å²) in [4.78, 5) is 24.2. The zero-order chi connectivity index (χ0) is 19.3. The van der Waals surface area contributed by atoms with Gasteiger partial charge in [-0.05, 0) is 45.1 Å². The minimum Gasteiger partial charge on any atom is -0.350 e. The molecule has 0 saturated heterocycles. The van der Waals surface area contributed by atoms with Crippen LogP contribution in [-0.4, -0.2) is 35.8 Å². The van der Waals surface area contributed by atoms with Crippen molar-refractivity contribution in [3.05, 3.63) is 57.5 Å². The van der Waals surface area contributed by atoms with Gasteiger partial charge in [-0.15, -0.1) is 12.4 Å². The molecule has 0 atom stereocenters. The number of carbonyl (C=O) groups excluding carboxylic acids is 1. The summed E-state index contributed by atoms with van der Waals surface area (Å²) in [5, 5.41) is 9.47. The molecule has 2 aromatic rings. The molecule has 10 heteroatoms. The van der Waals surface area contributed by atoms with Gasteiger partial charge in [0.2, 0.25) is 5.43 Å². The molecule has 27 heavy (non-hydrogen) atoms. The van der Waals surface area contributed by atoms with Crippen LogP contribution < -0.4 is 16.1 Å². The molecule has 148 valence electrons. The highest BCUT2D eigenvalue weighted by Gasteiger charge is 2.30. The number of carbonyl (C=O) groups is 1. The molecule has 1 amide bonds. The van der Waals surface area contributed by atoms with Crippen LogP contribution in [0.3, 0.4) is 0 Å². The molecule has 0 aliphatic rings. The summed E-state index contributed by atoms with van der Waals surface area (Å²) in [5.41, 5.74) is -1.36. The summed E-state index contributed by atoms with van der Waals surface area (Å²) < 4.78 is 39.9. The molecule has 6 nitrogen and oxygen atoms in total. The standard InChI is InChI=1S/C17H19F3N4O2.ClH/c1-11-9-14(25)15(16(26)22-8-4-7-21-2)23-24(11)13-6-3-5-12(10-13)17(18,19)20;/h3,5-6,9-10,21H,4,7-8H2,1-2H3,(H,22,26);1H. The second-order valence-electron chi connectivity index (χ2n) is 5.67. The Balaban J connectivity index is 0.00000364. The van der Waals surface area contributed by atoms with Crippen LogP contribution in [0.25, 0.3) is 5.69 Å². The van der Waals surface area contributed by atoms with E-state index in [9.17, 15) is 22.8 Å². The first-order valence-corrected chi connectivity index (χ1v) is 7.95. The average molecular weight is 405 g/mol. The fourth-order valence-electron chi connectivity index (χ4n) is 2.33. The van der Waals surface area contributed by atoms with Crippen LogP contribution in [-0.2, 0) is 6.18 Å². The van der Waals surface area contributed by atoms with Crippen LogP contribution in [0.2, 0.25) is 0 Å². The van der Waals surface area contributed by atoms with E-state index in [0.29, 0.717) is 25.2 Å². The fourth-order valence-corrected chi connectivity index (χ4v) is 2.33. The van der Waals surface area contributed by atoms with E-state index in [1.807, 2.05) is 0 Å². The predicted molar refractivity (Wildman–Crippen MR) is 97.7 cm³/mol. The van der Waals surface area contributed by atoms with Crippen molar-refractivity contribution in [1.82, 2.24) is 20.4 Å². The smallest absolute Gasteiger partial charge is 0.350 e. The van der Waals surface area contributed by atoms with Gasteiger partial charge in [0.15, 0.2) is 5.69 Å². The highest BCUT2D eigenvalue weighted by Crippen LogP contribution is 2.30. The van der Waals surface area contributed by atoms with Crippen LogP contribution in [0.15, 0.2) is 35.1 Å². The number of aryl methyl sites for hydroxylation is 1. The molecule has 1 aromatic heterocycles. The monoisotopic (exact) mass is 404 g/mol. The second kappa shape index (κ2) is 9.52. The number of halogens is 4. The molecule has 1 aromatic carbocycles. The van der Waals surface area contributed by atoms with E-state index in [4.69, 9.17) is 0 Å². The molecular weight excluding hydrogens is 385 g/mol. The Hall–Kier alpha value is -2.39. The van der Waals surface area contributed by atoms with E-state index in [-0.39, 0.29) is 23.8 Å². The summed E-state index contributed by atoms with van der Waals surface area (Å²) >= 11 is 0. The Morgan fingerprint density at radius 3 is 2.56 bits per heavy atom. The van der Waals surface area contributed by atoms with Crippen LogP contribution in [0.4, 0.5) is 13.2 Å². The van der Waals surface area contributed by atoms with Crippen molar-refractivity contribution < 1.29 is 18.0 Å². The molecule has 0 fully saturated rings. The van der Waals surface area contributed by atoms with Gasteiger partial charge in [0.25, 0.3) is 5.91 Å². The van der Waals surface area contributed by atoms with Crippen molar-refractivity contribution in [1.29, 1.82) is 0 Å². The van der Waals surface area contributed by atoms with E-state index >= 15 is 0 Å². The lowest BCUT2D eigenvalue weighted by Gasteiger charge is -2.13. The van der Waals surface area contributed by atoms with Gasteiger partial charge in [-0.3, -0.25) is 9.59 Å². The fraction of sp³-hybridized carbons (Fsp3) is 0.353. The maximum Gasteiger partial charge on any atom is 0.416 e. The highest BCUT2D eigenvalue weighted by molar-refractivity contribution is 5.92. The number of hydrogen-bond acceptors (Lipinski definition) is 4. The number of nitrogens with one attached hydrogen (secondary N) is 2. The van der Waals surface area contributed by atoms with Gasteiger partial charge in [-0.2, -0.15) is 18.3 Å². The largest absolute Gasteiger partial charge is 0.416 e. The molecule has 0 bridgehead atoms. The summed E-state index contributed by atoms with van der Waals surface area (Å²) in [7, 11) is 1.77. The third kappa shape index (κ3) is 5.80. The number of aromatic nitrogens is 2. The van der Waals surface area contributed by atoms with Gasteiger partial charge in [0.05, 0.1) is 11.3 Å². The van der Waals surface area contributed by atoms with Crippen molar-refractivity contribution in [2.45, 2.75) is 19.5 Å². The van der Waals surface area contributed by atoms with Crippen LogP contribution in [0, 0.1) is 6.92 Å². The van der Waals surface area contributed by atoms with E-state index in [1.54, 1.807) is 7.05 Å². The summed E-state index contributed by atoms with van der Waals surface area (Å²) in [6.45, 7) is 2.57. The number of amides is 1. The second-order valence-corrected chi connectivity index (χ2v) is 5.67. The minimum atomic E-state index is -4.50. The lowest BCUT2D eigenvalue weighted by Crippen LogP contribution is -2.33. The van der Waals surface area contributed by atoms with Gasteiger partial charge >= 0.3 is 6.18 Å². The topological polar surface area (TPSA) is 76.0 Å².